The number of ether oxygens (including phenoxy) is 1. The Hall–Kier alpha value is -1.56. The Bertz CT molecular complexity index is 722. The summed E-state index contributed by atoms with van der Waals surface area (Å²) >= 11 is 7.85. The van der Waals surface area contributed by atoms with E-state index in [1.807, 2.05) is 47.3 Å². The molecule has 1 aromatic carbocycles. The summed E-state index contributed by atoms with van der Waals surface area (Å²) in [4.78, 5) is 5.46. The van der Waals surface area contributed by atoms with Crippen molar-refractivity contribution in [2.75, 3.05) is 0 Å². The van der Waals surface area contributed by atoms with Crippen molar-refractivity contribution in [1.82, 2.24) is 9.38 Å². The zero-order valence-electron chi connectivity index (χ0n) is 11.6. The topological polar surface area (TPSA) is 52.5 Å². The van der Waals surface area contributed by atoms with Gasteiger partial charge in [0.15, 0.2) is 4.96 Å². The molecule has 0 saturated carbocycles. The first-order valence-corrected chi connectivity index (χ1v) is 7.96. The van der Waals surface area contributed by atoms with Crippen LogP contribution in [-0.4, -0.2) is 15.4 Å². The fourth-order valence-corrected chi connectivity index (χ4v) is 3.18. The van der Waals surface area contributed by atoms with E-state index in [1.165, 1.54) is 0 Å². The van der Waals surface area contributed by atoms with E-state index in [0.717, 1.165) is 22.6 Å². The molecule has 0 aliphatic carbocycles. The van der Waals surface area contributed by atoms with E-state index in [9.17, 15) is 0 Å². The zero-order valence-corrected chi connectivity index (χ0v) is 13.2. The van der Waals surface area contributed by atoms with E-state index >= 15 is 0 Å². The third-order valence-corrected chi connectivity index (χ3v) is 4.17. The molecule has 1 atom stereocenters. The molecule has 0 radical (unpaired) electrons. The number of nitrogens with two attached hydrogens (primary N) is 1. The molecule has 0 saturated heterocycles. The lowest BCUT2D eigenvalue weighted by molar-refractivity contribution is 0.298. The van der Waals surface area contributed by atoms with Gasteiger partial charge in [-0.15, -0.1) is 11.3 Å². The molecule has 3 rings (SSSR count). The van der Waals surface area contributed by atoms with Crippen LogP contribution in [0.25, 0.3) is 4.96 Å². The van der Waals surface area contributed by atoms with Crippen molar-refractivity contribution < 1.29 is 4.74 Å². The molecule has 2 aromatic heterocycles. The molecule has 0 amide bonds. The molecule has 1 unspecified atom stereocenters. The van der Waals surface area contributed by atoms with Gasteiger partial charge in [-0.1, -0.05) is 23.7 Å². The van der Waals surface area contributed by atoms with Crippen LogP contribution < -0.4 is 10.5 Å². The smallest absolute Gasteiger partial charge is 0.193 e. The second-order valence-corrected chi connectivity index (χ2v) is 6.30. The lowest BCUT2D eigenvalue weighted by Gasteiger charge is -2.13. The van der Waals surface area contributed by atoms with Crippen molar-refractivity contribution in [3.63, 3.8) is 0 Å². The number of hydrogen-bond acceptors (Lipinski definition) is 4. The molecule has 0 bridgehead atoms. The molecule has 21 heavy (non-hydrogen) atoms. The van der Waals surface area contributed by atoms with Crippen LogP contribution in [0.2, 0.25) is 5.02 Å². The highest BCUT2D eigenvalue weighted by Gasteiger charge is 2.11. The molecular formula is C15H16ClN3OS. The largest absolute Gasteiger partial charge is 0.485 e. The van der Waals surface area contributed by atoms with Crippen LogP contribution in [0, 0.1) is 0 Å². The van der Waals surface area contributed by atoms with E-state index in [2.05, 4.69) is 4.98 Å². The monoisotopic (exact) mass is 321 g/mol. The predicted octanol–water partition coefficient (Wildman–Crippen LogP) is 3.52. The fourth-order valence-electron chi connectivity index (χ4n) is 2.21. The quantitative estimate of drug-likeness (QED) is 0.782. The van der Waals surface area contributed by atoms with Crippen LogP contribution in [0.3, 0.4) is 0 Å². The molecule has 0 aliphatic rings. The Balaban J connectivity index is 1.79. The third kappa shape index (κ3) is 3.20. The number of fused-ring (bicyclic) bond motifs is 1. The minimum atomic E-state index is 0.0590. The van der Waals surface area contributed by atoms with Gasteiger partial charge in [0.05, 0.1) is 10.7 Å². The minimum absolute atomic E-state index is 0.0590. The van der Waals surface area contributed by atoms with Crippen molar-refractivity contribution in [2.45, 2.75) is 26.0 Å². The first kappa shape index (κ1) is 14.4. The van der Waals surface area contributed by atoms with Gasteiger partial charge in [-0.25, -0.2) is 4.98 Å². The van der Waals surface area contributed by atoms with E-state index < -0.39 is 0 Å². The van der Waals surface area contributed by atoms with Crippen molar-refractivity contribution in [3.8, 4) is 5.75 Å². The maximum absolute atomic E-state index is 6.25. The highest BCUT2D eigenvalue weighted by molar-refractivity contribution is 7.15. The molecule has 6 heteroatoms. The Morgan fingerprint density at radius 1 is 1.48 bits per heavy atom. The summed E-state index contributed by atoms with van der Waals surface area (Å²) in [6.07, 6.45) is 4.68. The van der Waals surface area contributed by atoms with Crippen molar-refractivity contribution in [1.29, 1.82) is 0 Å². The van der Waals surface area contributed by atoms with Gasteiger partial charge in [-0.2, -0.15) is 0 Å². The Labute approximate surface area is 132 Å². The highest BCUT2D eigenvalue weighted by Crippen LogP contribution is 2.30. The van der Waals surface area contributed by atoms with Gasteiger partial charge in [0.2, 0.25) is 0 Å². The summed E-state index contributed by atoms with van der Waals surface area (Å²) in [7, 11) is 0. The number of para-hydroxylation sites is 1. The summed E-state index contributed by atoms with van der Waals surface area (Å²) in [5.74, 6) is 0.702. The van der Waals surface area contributed by atoms with Crippen molar-refractivity contribution >= 4 is 27.9 Å². The lowest BCUT2D eigenvalue weighted by atomic mass is 10.1. The number of aromatic nitrogens is 2. The van der Waals surface area contributed by atoms with Gasteiger partial charge in [0.25, 0.3) is 0 Å². The summed E-state index contributed by atoms with van der Waals surface area (Å²) in [5.41, 5.74) is 7.78. The molecule has 0 fully saturated rings. The van der Waals surface area contributed by atoms with E-state index in [-0.39, 0.29) is 6.04 Å². The highest BCUT2D eigenvalue weighted by atomic mass is 35.5. The molecule has 2 heterocycles. The summed E-state index contributed by atoms with van der Waals surface area (Å²) in [5, 5.41) is 2.61. The van der Waals surface area contributed by atoms with Crippen LogP contribution in [0.4, 0.5) is 0 Å². The van der Waals surface area contributed by atoms with Gasteiger partial charge < -0.3 is 10.5 Å². The number of rotatable bonds is 5. The number of imidazole rings is 1. The Kier molecular flexibility index (Phi) is 4.14. The van der Waals surface area contributed by atoms with Gasteiger partial charge in [-0.3, -0.25) is 4.40 Å². The van der Waals surface area contributed by atoms with Gasteiger partial charge in [-0.05, 0) is 25.0 Å². The molecule has 4 nitrogen and oxygen atoms in total. The normalized spacial score (nSPS) is 12.7. The lowest BCUT2D eigenvalue weighted by Crippen LogP contribution is -2.18. The zero-order chi connectivity index (χ0) is 14.8. The molecule has 3 aromatic rings. The molecule has 0 spiro atoms. The van der Waals surface area contributed by atoms with Crippen LogP contribution in [0.5, 0.6) is 5.75 Å². The van der Waals surface area contributed by atoms with Gasteiger partial charge in [0.1, 0.15) is 12.4 Å². The fraction of sp³-hybridized carbons (Fsp3) is 0.267. The molecule has 0 aliphatic heterocycles. The second kappa shape index (κ2) is 6.05. The predicted molar refractivity (Wildman–Crippen MR) is 86.2 cm³/mol. The Morgan fingerprint density at radius 3 is 3.10 bits per heavy atom. The summed E-state index contributed by atoms with van der Waals surface area (Å²) in [6.45, 7) is 2.36. The number of hydrogen-bond donors (Lipinski definition) is 1. The van der Waals surface area contributed by atoms with Gasteiger partial charge >= 0.3 is 0 Å². The first-order valence-electron chi connectivity index (χ1n) is 6.70. The maximum Gasteiger partial charge on any atom is 0.193 e. The van der Waals surface area contributed by atoms with Crippen LogP contribution in [0.15, 0.2) is 36.0 Å². The average molecular weight is 322 g/mol. The number of benzene rings is 1. The van der Waals surface area contributed by atoms with Crippen molar-refractivity contribution in [2.24, 2.45) is 5.73 Å². The maximum atomic E-state index is 6.25. The number of nitrogens with zero attached hydrogens (tertiary/aromatic N) is 2. The SMILES string of the molecule is CC(N)Cc1cccc(Cl)c1OCc1cn2ccsc2n1. The number of thiazole rings is 1. The average Bonchev–Trinajstić information content (AvgIpc) is 2.98. The van der Waals surface area contributed by atoms with Gasteiger partial charge in [0, 0.05) is 23.8 Å². The van der Waals surface area contributed by atoms with Crippen molar-refractivity contribution in [3.05, 3.63) is 52.3 Å². The third-order valence-electron chi connectivity index (χ3n) is 3.10. The molecule has 110 valence electrons. The summed E-state index contributed by atoms with van der Waals surface area (Å²) in [6, 6.07) is 5.80. The standard InChI is InChI=1S/C15H16ClN3OS/c1-10(17)7-11-3-2-4-13(16)14(11)20-9-12-8-19-5-6-21-15(19)18-12/h2-6,8,10H,7,9,17H2,1H3. The number of halogens is 1. The molecule has 2 N–H and O–H groups in total. The molecular weight excluding hydrogens is 306 g/mol. The Morgan fingerprint density at radius 2 is 2.33 bits per heavy atom. The minimum Gasteiger partial charge on any atom is -0.485 e. The van der Waals surface area contributed by atoms with E-state index in [0.29, 0.717) is 17.4 Å². The van der Waals surface area contributed by atoms with Crippen LogP contribution >= 0.6 is 22.9 Å². The van der Waals surface area contributed by atoms with E-state index in [1.54, 1.807) is 11.3 Å². The van der Waals surface area contributed by atoms with Crippen LogP contribution in [-0.2, 0) is 13.0 Å². The van der Waals surface area contributed by atoms with E-state index in [4.69, 9.17) is 22.1 Å². The summed E-state index contributed by atoms with van der Waals surface area (Å²) < 4.78 is 7.88. The second-order valence-electron chi connectivity index (χ2n) is 5.02. The van der Waals surface area contributed by atoms with Crippen LogP contribution in [0.1, 0.15) is 18.2 Å². The first-order chi connectivity index (χ1) is 10.1.